The van der Waals surface area contributed by atoms with Gasteiger partial charge in [-0.3, -0.25) is 0 Å². The zero-order chi connectivity index (χ0) is 19.6. The molecule has 0 radical (unpaired) electrons. The first-order valence-electron chi connectivity index (χ1n) is 7.89. The third-order valence-corrected chi connectivity index (χ3v) is 5.42. The van der Waals surface area contributed by atoms with Gasteiger partial charge in [0.1, 0.15) is 11.6 Å². The van der Waals surface area contributed by atoms with Gasteiger partial charge in [0.15, 0.2) is 5.69 Å². The summed E-state index contributed by atoms with van der Waals surface area (Å²) < 4.78 is 41.4. The fraction of sp³-hybridized carbons (Fsp3) is 0.111. The standard InChI is InChI=1S/C18H16FN3O4S/c1-20-27(25,26)14-8-6-12(7-9-14)17-21-16(18(23)24)11-22(17)10-13-4-2-3-5-15(13)19/h2-9,11,20H,10H2,1H3,(H,23,24). The van der Waals surface area contributed by atoms with E-state index in [0.29, 0.717) is 17.0 Å². The molecule has 3 rings (SSSR count). The monoisotopic (exact) mass is 389 g/mol. The van der Waals surface area contributed by atoms with E-state index in [4.69, 9.17) is 0 Å². The molecular weight excluding hydrogens is 373 g/mol. The van der Waals surface area contributed by atoms with Crippen molar-refractivity contribution in [3.8, 4) is 11.4 Å². The van der Waals surface area contributed by atoms with Crippen molar-refractivity contribution in [3.63, 3.8) is 0 Å². The van der Waals surface area contributed by atoms with Gasteiger partial charge in [0, 0.05) is 17.3 Å². The van der Waals surface area contributed by atoms with Gasteiger partial charge in [0.2, 0.25) is 10.0 Å². The van der Waals surface area contributed by atoms with E-state index >= 15 is 0 Å². The van der Waals surface area contributed by atoms with E-state index in [1.54, 1.807) is 18.2 Å². The largest absolute Gasteiger partial charge is 0.476 e. The minimum Gasteiger partial charge on any atom is -0.476 e. The van der Waals surface area contributed by atoms with E-state index in [0.717, 1.165) is 0 Å². The number of aromatic nitrogens is 2. The fourth-order valence-electron chi connectivity index (χ4n) is 2.58. The minimum absolute atomic E-state index is 0.0689. The van der Waals surface area contributed by atoms with Gasteiger partial charge in [0.25, 0.3) is 0 Å². The van der Waals surface area contributed by atoms with Crippen LogP contribution in [0.1, 0.15) is 16.1 Å². The molecule has 9 heteroatoms. The number of halogens is 1. The smallest absolute Gasteiger partial charge is 0.356 e. The molecule has 2 N–H and O–H groups in total. The minimum atomic E-state index is -3.59. The summed E-state index contributed by atoms with van der Waals surface area (Å²) in [7, 11) is -2.28. The lowest BCUT2D eigenvalue weighted by Crippen LogP contribution is -2.18. The molecule has 0 unspecified atom stereocenters. The number of nitrogens with zero attached hydrogens (tertiary/aromatic N) is 2. The summed E-state index contributed by atoms with van der Waals surface area (Å²) in [6.07, 6.45) is 1.32. The predicted molar refractivity (Wildman–Crippen MR) is 96.4 cm³/mol. The maximum atomic E-state index is 14.0. The summed E-state index contributed by atoms with van der Waals surface area (Å²) in [5.41, 5.74) is 0.699. The topological polar surface area (TPSA) is 101 Å². The summed E-state index contributed by atoms with van der Waals surface area (Å²) in [6.45, 7) is 0.0822. The molecule has 0 amide bonds. The van der Waals surface area contributed by atoms with Crippen molar-refractivity contribution in [2.24, 2.45) is 0 Å². The van der Waals surface area contributed by atoms with Crippen LogP contribution in [0.3, 0.4) is 0 Å². The Morgan fingerprint density at radius 3 is 2.44 bits per heavy atom. The predicted octanol–water partition coefficient (Wildman–Crippen LogP) is 2.34. The molecule has 0 fully saturated rings. The lowest BCUT2D eigenvalue weighted by Gasteiger charge is -2.09. The maximum absolute atomic E-state index is 14.0. The molecule has 7 nitrogen and oxygen atoms in total. The van der Waals surface area contributed by atoms with Crippen LogP contribution in [0.2, 0.25) is 0 Å². The molecule has 0 aliphatic carbocycles. The molecule has 0 bridgehead atoms. The maximum Gasteiger partial charge on any atom is 0.356 e. The van der Waals surface area contributed by atoms with Crippen molar-refractivity contribution in [1.82, 2.24) is 14.3 Å². The van der Waals surface area contributed by atoms with E-state index in [1.165, 1.54) is 48.1 Å². The van der Waals surface area contributed by atoms with Crippen molar-refractivity contribution >= 4 is 16.0 Å². The molecule has 0 saturated carbocycles. The number of rotatable bonds is 6. The number of imidazole rings is 1. The van der Waals surface area contributed by atoms with Gasteiger partial charge in [-0.05, 0) is 37.4 Å². The summed E-state index contributed by atoms with van der Waals surface area (Å²) in [5.74, 6) is -1.33. The Morgan fingerprint density at radius 2 is 1.85 bits per heavy atom. The highest BCUT2D eigenvalue weighted by Gasteiger charge is 2.17. The highest BCUT2D eigenvalue weighted by Crippen LogP contribution is 2.23. The molecule has 2 aromatic carbocycles. The van der Waals surface area contributed by atoms with Crippen LogP contribution in [-0.4, -0.2) is 36.1 Å². The van der Waals surface area contributed by atoms with Crippen LogP contribution < -0.4 is 4.72 Å². The Bertz CT molecular complexity index is 1090. The Balaban J connectivity index is 2.04. The second kappa shape index (κ2) is 7.29. The summed E-state index contributed by atoms with van der Waals surface area (Å²) in [4.78, 5) is 15.5. The molecule has 1 aromatic heterocycles. The number of hydrogen-bond acceptors (Lipinski definition) is 4. The van der Waals surface area contributed by atoms with Crippen LogP contribution in [-0.2, 0) is 16.6 Å². The first-order chi connectivity index (χ1) is 12.8. The van der Waals surface area contributed by atoms with Crippen LogP contribution in [0.25, 0.3) is 11.4 Å². The first kappa shape index (κ1) is 18.7. The first-order valence-corrected chi connectivity index (χ1v) is 9.38. The fourth-order valence-corrected chi connectivity index (χ4v) is 3.31. The van der Waals surface area contributed by atoms with Crippen molar-refractivity contribution in [2.45, 2.75) is 11.4 Å². The molecule has 140 valence electrons. The van der Waals surface area contributed by atoms with Gasteiger partial charge < -0.3 is 9.67 Å². The van der Waals surface area contributed by atoms with Crippen LogP contribution >= 0.6 is 0 Å². The van der Waals surface area contributed by atoms with Gasteiger partial charge in [-0.25, -0.2) is 27.3 Å². The van der Waals surface area contributed by atoms with Crippen LogP contribution in [0.15, 0.2) is 59.6 Å². The van der Waals surface area contributed by atoms with Crippen molar-refractivity contribution in [3.05, 3.63) is 71.8 Å². The number of aromatic carboxylic acids is 1. The van der Waals surface area contributed by atoms with E-state index < -0.39 is 21.8 Å². The van der Waals surface area contributed by atoms with Gasteiger partial charge in [-0.1, -0.05) is 18.2 Å². The zero-order valence-electron chi connectivity index (χ0n) is 14.3. The van der Waals surface area contributed by atoms with E-state index in [1.807, 2.05) is 0 Å². The van der Waals surface area contributed by atoms with Crippen LogP contribution in [0.4, 0.5) is 4.39 Å². The molecule has 0 saturated heterocycles. The van der Waals surface area contributed by atoms with Crippen LogP contribution in [0, 0.1) is 5.82 Å². The molecule has 0 aliphatic rings. The number of benzene rings is 2. The zero-order valence-corrected chi connectivity index (χ0v) is 15.1. The Hall–Kier alpha value is -3.04. The Labute approximate surface area is 155 Å². The Kier molecular flexibility index (Phi) is 5.06. The van der Waals surface area contributed by atoms with Gasteiger partial charge in [0.05, 0.1) is 11.4 Å². The average molecular weight is 389 g/mol. The number of carboxylic acids is 1. The highest BCUT2D eigenvalue weighted by atomic mass is 32.2. The SMILES string of the molecule is CNS(=O)(=O)c1ccc(-c2nc(C(=O)O)cn2Cc2ccccc2F)cc1. The molecule has 27 heavy (non-hydrogen) atoms. The van der Waals surface area contributed by atoms with Crippen LogP contribution in [0.5, 0.6) is 0 Å². The van der Waals surface area contributed by atoms with Crippen molar-refractivity contribution in [2.75, 3.05) is 7.05 Å². The summed E-state index contributed by atoms with van der Waals surface area (Å²) in [5, 5.41) is 9.24. The average Bonchev–Trinajstić information content (AvgIpc) is 3.08. The van der Waals surface area contributed by atoms with E-state index in [9.17, 15) is 22.7 Å². The second-order valence-corrected chi connectivity index (χ2v) is 7.59. The normalized spacial score (nSPS) is 11.5. The van der Waals surface area contributed by atoms with Gasteiger partial charge >= 0.3 is 5.97 Å². The molecule has 0 atom stereocenters. The number of hydrogen-bond donors (Lipinski definition) is 2. The Morgan fingerprint density at radius 1 is 1.19 bits per heavy atom. The van der Waals surface area contributed by atoms with Gasteiger partial charge in [-0.15, -0.1) is 0 Å². The van der Waals surface area contributed by atoms with E-state index in [-0.39, 0.29) is 17.1 Å². The summed E-state index contributed by atoms with van der Waals surface area (Å²) >= 11 is 0. The number of nitrogens with one attached hydrogen (secondary N) is 1. The lowest BCUT2D eigenvalue weighted by molar-refractivity contribution is 0.0691. The van der Waals surface area contributed by atoms with E-state index in [2.05, 4.69) is 9.71 Å². The van der Waals surface area contributed by atoms with Crippen molar-refractivity contribution in [1.29, 1.82) is 0 Å². The molecule has 0 aliphatic heterocycles. The number of carboxylic acid groups (broad SMARTS) is 1. The third-order valence-electron chi connectivity index (χ3n) is 3.99. The third kappa shape index (κ3) is 3.88. The molecule has 1 heterocycles. The second-order valence-electron chi connectivity index (χ2n) is 5.71. The molecular formula is C18H16FN3O4S. The summed E-state index contributed by atoms with van der Waals surface area (Å²) in [6, 6.07) is 12.0. The van der Waals surface area contributed by atoms with Crippen molar-refractivity contribution < 1.29 is 22.7 Å². The highest BCUT2D eigenvalue weighted by molar-refractivity contribution is 7.89. The molecule has 0 spiro atoms. The quantitative estimate of drug-likeness (QED) is 0.674. The number of carbonyl (C=O) groups is 1. The molecule has 3 aromatic rings. The van der Waals surface area contributed by atoms with Gasteiger partial charge in [-0.2, -0.15) is 0 Å². The lowest BCUT2D eigenvalue weighted by atomic mass is 10.2. The number of sulfonamides is 1.